The Bertz CT molecular complexity index is 828. The Morgan fingerprint density at radius 3 is 2.96 bits per heavy atom. The van der Waals surface area contributed by atoms with Gasteiger partial charge in [-0.1, -0.05) is 17.3 Å². The van der Waals surface area contributed by atoms with E-state index < -0.39 is 0 Å². The number of oxime groups is 1. The highest BCUT2D eigenvalue weighted by Gasteiger charge is 2.24. The van der Waals surface area contributed by atoms with Crippen LogP contribution in [0.3, 0.4) is 0 Å². The summed E-state index contributed by atoms with van der Waals surface area (Å²) in [5.41, 5.74) is 2.90. The number of aryl methyl sites for hydroxylation is 1. The molecule has 0 aliphatic carbocycles. The Hall–Kier alpha value is -2.90. The second-order valence-corrected chi connectivity index (χ2v) is 6.97. The zero-order valence-corrected chi connectivity index (χ0v) is 16.2. The van der Waals surface area contributed by atoms with E-state index in [-0.39, 0.29) is 36.9 Å². The molecule has 28 heavy (non-hydrogen) atoms. The molecule has 2 aromatic rings. The monoisotopic (exact) mass is 386 g/mol. The summed E-state index contributed by atoms with van der Waals surface area (Å²) in [5, 5.41) is 6.91. The highest BCUT2D eigenvalue weighted by Crippen LogP contribution is 2.18. The maximum atomic E-state index is 12.1. The largest absolute Gasteiger partial charge is 0.466 e. The first-order chi connectivity index (χ1) is 13.5. The average Bonchev–Trinajstić information content (AvgIpc) is 3.25. The van der Waals surface area contributed by atoms with Crippen molar-refractivity contribution < 1.29 is 19.2 Å². The van der Waals surface area contributed by atoms with Gasteiger partial charge in [-0.05, 0) is 32.4 Å². The molecule has 1 amide bonds. The first-order valence-corrected chi connectivity index (χ1v) is 9.63. The van der Waals surface area contributed by atoms with Crippen molar-refractivity contribution in [1.82, 2.24) is 15.3 Å². The Morgan fingerprint density at radius 2 is 2.18 bits per heavy atom. The van der Waals surface area contributed by atoms with Crippen molar-refractivity contribution in [2.45, 2.75) is 58.1 Å². The Labute approximate surface area is 163 Å². The van der Waals surface area contributed by atoms with Gasteiger partial charge in [-0.3, -0.25) is 9.59 Å². The minimum absolute atomic E-state index is 0.157. The molecule has 2 N–H and O–H groups in total. The van der Waals surface area contributed by atoms with Crippen molar-refractivity contribution in [3.05, 3.63) is 30.1 Å². The number of ether oxygens (including phenoxy) is 1. The lowest BCUT2D eigenvalue weighted by atomic mass is 10.1. The summed E-state index contributed by atoms with van der Waals surface area (Å²) in [6, 6.07) is 7.64. The van der Waals surface area contributed by atoms with E-state index in [1.54, 1.807) is 13.8 Å². The van der Waals surface area contributed by atoms with E-state index in [1.165, 1.54) is 0 Å². The highest BCUT2D eigenvalue weighted by molar-refractivity contribution is 5.87. The van der Waals surface area contributed by atoms with Crippen LogP contribution in [0.15, 0.2) is 29.4 Å². The number of amides is 1. The topological polar surface area (TPSA) is 106 Å². The summed E-state index contributed by atoms with van der Waals surface area (Å²) in [6.45, 7) is 3.87. The molecule has 0 fully saturated rings. The Balaban J connectivity index is 1.38. The molecule has 0 bridgehead atoms. The third-order valence-corrected chi connectivity index (χ3v) is 4.48. The summed E-state index contributed by atoms with van der Waals surface area (Å²) in [7, 11) is 0. The van der Waals surface area contributed by atoms with Crippen LogP contribution < -0.4 is 5.32 Å². The molecule has 3 rings (SSSR count). The number of aromatic amines is 1. The van der Waals surface area contributed by atoms with Gasteiger partial charge in [0, 0.05) is 18.9 Å². The zero-order valence-electron chi connectivity index (χ0n) is 16.2. The van der Waals surface area contributed by atoms with E-state index in [0.29, 0.717) is 13.0 Å². The number of para-hydroxylation sites is 2. The molecule has 0 spiro atoms. The average molecular weight is 386 g/mol. The molecule has 1 aromatic heterocycles. The van der Waals surface area contributed by atoms with Gasteiger partial charge in [0.2, 0.25) is 5.91 Å². The second-order valence-electron chi connectivity index (χ2n) is 6.97. The number of aromatic nitrogens is 2. The molecule has 2 heterocycles. The van der Waals surface area contributed by atoms with Gasteiger partial charge < -0.3 is 19.9 Å². The van der Waals surface area contributed by atoms with Gasteiger partial charge in [-0.15, -0.1) is 0 Å². The van der Waals surface area contributed by atoms with Crippen LogP contribution in [-0.2, 0) is 25.6 Å². The fourth-order valence-corrected chi connectivity index (χ4v) is 3.19. The van der Waals surface area contributed by atoms with E-state index >= 15 is 0 Å². The molecule has 0 saturated heterocycles. The van der Waals surface area contributed by atoms with Crippen molar-refractivity contribution in [3.63, 3.8) is 0 Å². The van der Waals surface area contributed by atoms with Gasteiger partial charge in [0.15, 0.2) is 0 Å². The van der Waals surface area contributed by atoms with Crippen LogP contribution in [0.1, 0.15) is 45.4 Å². The number of benzene rings is 1. The fraction of sp³-hybridized carbons (Fsp3) is 0.500. The highest BCUT2D eigenvalue weighted by atomic mass is 16.6. The van der Waals surface area contributed by atoms with Gasteiger partial charge in [-0.2, -0.15) is 0 Å². The molecule has 8 heteroatoms. The summed E-state index contributed by atoms with van der Waals surface area (Å²) >= 11 is 0. The van der Waals surface area contributed by atoms with Crippen LogP contribution in [0.5, 0.6) is 0 Å². The van der Waals surface area contributed by atoms with Crippen LogP contribution >= 0.6 is 0 Å². The Morgan fingerprint density at radius 1 is 1.36 bits per heavy atom. The molecule has 0 radical (unpaired) electrons. The van der Waals surface area contributed by atoms with Gasteiger partial charge >= 0.3 is 5.97 Å². The fourth-order valence-electron chi connectivity index (χ4n) is 3.19. The van der Waals surface area contributed by atoms with E-state index in [2.05, 4.69) is 20.4 Å². The molecule has 2 atom stereocenters. The summed E-state index contributed by atoms with van der Waals surface area (Å²) in [4.78, 5) is 36.8. The van der Waals surface area contributed by atoms with E-state index in [9.17, 15) is 9.59 Å². The first-order valence-electron chi connectivity index (χ1n) is 9.63. The lowest BCUT2D eigenvalue weighted by Gasteiger charge is -2.14. The van der Waals surface area contributed by atoms with Crippen LogP contribution in [-0.4, -0.2) is 46.3 Å². The van der Waals surface area contributed by atoms with E-state index in [1.807, 2.05) is 24.3 Å². The summed E-state index contributed by atoms with van der Waals surface area (Å²) in [6.07, 6.45) is 2.21. The molecule has 1 aromatic carbocycles. The third kappa shape index (κ3) is 5.55. The van der Waals surface area contributed by atoms with Crippen LogP contribution in [0, 0.1) is 0 Å². The molecule has 150 valence electrons. The lowest BCUT2D eigenvalue weighted by molar-refractivity contribution is -0.143. The van der Waals surface area contributed by atoms with Crippen molar-refractivity contribution in [1.29, 1.82) is 0 Å². The second kappa shape index (κ2) is 9.34. The number of esters is 1. The quantitative estimate of drug-likeness (QED) is 0.644. The smallest absolute Gasteiger partial charge is 0.307 e. The maximum absolute atomic E-state index is 12.1. The van der Waals surface area contributed by atoms with Gasteiger partial charge in [0.25, 0.3) is 0 Å². The number of nitrogens with zero attached hydrogens (tertiary/aromatic N) is 2. The zero-order chi connectivity index (χ0) is 19.9. The van der Waals surface area contributed by atoms with Gasteiger partial charge in [-0.25, -0.2) is 4.98 Å². The standard InChI is InChI=1S/C20H26N4O4/c1-3-27-20(26)10-13(2)21-19(25)12-15-11-14(24-28-15)8-9-18-22-16-6-4-5-7-17(16)23-18/h4-7,13,15H,3,8-12H2,1-2H3,(H,21,25)(H,22,23). The number of rotatable bonds is 9. The summed E-state index contributed by atoms with van der Waals surface area (Å²) in [5.74, 6) is 0.442. The summed E-state index contributed by atoms with van der Waals surface area (Å²) < 4.78 is 4.88. The van der Waals surface area contributed by atoms with Crippen molar-refractivity contribution in [3.8, 4) is 0 Å². The normalized spacial score (nSPS) is 17.1. The van der Waals surface area contributed by atoms with E-state index in [4.69, 9.17) is 9.57 Å². The number of fused-ring (bicyclic) bond motifs is 1. The first kappa shape index (κ1) is 19.9. The van der Waals surface area contributed by atoms with Gasteiger partial charge in [0.1, 0.15) is 11.9 Å². The van der Waals surface area contributed by atoms with Crippen molar-refractivity contribution >= 4 is 28.6 Å². The van der Waals surface area contributed by atoms with E-state index in [0.717, 1.165) is 35.4 Å². The minimum Gasteiger partial charge on any atom is -0.466 e. The maximum Gasteiger partial charge on any atom is 0.307 e. The molecule has 2 unspecified atom stereocenters. The predicted molar refractivity (Wildman–Crippen MR) is 105 cm³/mol. The minimum atomic E-state index is -0.316. The van der Waals surface area contributed by atoms with Crippen LogP contribution in [0.25, 0.3) is 11.0 Å². The third-order valence-electron chi connectivity index (χ3n) is 4.48. The molecular weight excluding hydrogens is 360 g/mol. The SMILES string of the molecule is CCOC(=O)CC(C)NC(=O)CC1CC(CCc2nc3ccccc3[nH]2)=NO1. The number of hydrogen-bond acceptors (Lipinski definition) is 6. The van der Waals surface area contributed by atoms with Crippen LogP contribution in [0.4, 0.5) is 0 Å². The van der Waals surface area contributed by atoms with Gasteiger partial charge in [0.05, 0.1) is 36.2 Å². The number of H-pyrrole nitrogens is 1. The molecule has 1 aliphatic heterocycles. The Kier molecular flexibility index (Phi) is 6.62. The molecule has 0 saturated carbocycles. The number of imidazole rings is 1. The molecular formula is C20H26N4O4. The predicted octanol–water partition coefficient (Wildman–Crippen LogP) is 2.49. The number of hydrogen-bond donors (Lipinski definition) is 2. The lowest BCUT2D eigenvalue weighted by Crippen LogP contribution is -2.36. The van der Waals surface area contributed by atoms with Crippen LogP contribution in [0.2, 0.25) is 0 Å². The van der Waals surface area contributed by atoms with Crippen molar-refractivity contribution in [2.24, 2.45) is 5.16 Å². The number of carbonyl (C=O) groups is 2. The number of nitrogens with one attached hydrogen (secondary N) is 2. The molecule has 8 nitrogen and oxygen atoms in total. The molecule has 1 aliphatic rings. The number of carbonyl (C=O) groups excluding carboxylic acids is 2. The van der Waals surface area contributed by atoms with Crippen molar-refractivity contribution in [2.75, 3.05) is 6.61 Å².